The van der Waals surface area contributed by atoms with E-state index in [0.717, 1.165) is 0 Å². The normalized spacial score (nSPS) is 6.38. The molecule has 0 atom stereocenters. The van der Waals surface area contributed by atoms with E-state index in [2.05, 4.69) is 0 Å². The Hall–Kier alpha value is 0.132. The summed E-state index contributed by atoms with van der Waals surface area (Å²) in [4.78, 5) is 0. The Morgan fingerprint density at radius 3 is 1.12 bits per heavy atom. The quantitative estimate of drug-likeness (QED) is 0.444. The molecule has 0 bridgehead atoms. The van der Waals surface area contributed by atoms with E-state index in [4.69, 9.17) is 15.8 Å². The summed E-state index contributed by atoms with van der Waals surface area (Å²) in [5, 5.41) is 23.7. The summed E-state index contributed by atoms with van der Waals surface area (Å²) < 4.78 is 4.88. The summed E-state index contributed by atoms with van der Waals surface area (Å²) in [6, 6.07) is 0. The molecule has 0 saturated carbocycles. The average molecular weight is 482 g/mol. The Morgan fingerprint density at radius 2 is 1.12 bits per heavy atom. The second-order valence-corrected chi connectivity index (χ2v) is 3.51. The second kappa shape index (κ2) is 7.13. The van der Waals surface area contributed by atoms with Gasteiger partial charge in [-0.1, -0.05) is 0 Å². The molecule has 0 aliphatic heterocycles. The first-order valence-corrected chi connectivity index (χ1v) is 4.37. The van der Waals surface area contributed by atoms with Gasteiger partial charge in [-0.3, -0.25) is 0 Å². The van der Waals surface area contributed by atoms with E-state index in [-0.39, 0.29) is 27.3 Å². The Bertz CT molecular complexity index is 137. The van der Waals surface area contributed by atoms with Gasteiger partial charge in [0.1, 0.15) is 0 Å². The number of nitrogens with zero attached hydrogens (tertiary/aromatic N) is 3. The summed E-state index contributed by atoms with van der Waals surface area (Å²) in [6.07, 6.45) is 0. The van der Waals surface area contributed by atoms with E-state index >= 15 is 0 Å². The van der Waals surface area contributed by atoms with Crippen LogP contribution in [0.5, 0.6) is 0 Å². The molecule has 0 unspecified atom stereocenters. The van der Waals surface area contributed by atoms with Gasteiger partial charge in [-0.05, 0) is 0 Å². The molecule has 0 amide bonds. The minimum absolute atomic E-state index is 0. The van der Waals surface area contributed by atoms with Crippen LogP contribution in [0.2, 0.25) is 0 Å². The third-order valence-electron chi connectivity index (χ3n) is 0.202. The van der Waals surface area contributed by atoms with Crippen LogP contribution in [-0.4, -0.2) is 27.3 Å². The van der Waals surface area contributed by atoms with Crippen molar-refractivity contribution in [2.45, 2.75) is 0 Å². The monoisotopic (exact) mass is 483 g/mol. The molecule has 0 fully saturated rings. The molecule has 5 heteroatoms. The largest absolute Gasteiger partial charge is 0 e. The molecule has 42 valence electrons. The smallest absolute Gasteiger partial charge is 0 e. The van der Waals surface area contributed by atoms with Crippen LogP contribution >= 0.6 is 0 Å². The van der Waals surface area contributed by atoms with Crippen molar-refractivity contribution in [2.24, 2.45) is 0 Å². The molecule has 0 saturated heterocycles. The van der Waals surface area contributed by atoms with Gasteiger partial charge in [0.2, 0.25) is 0 Å². The molecule has 0 rings (SSSR count). The van der Waals surface area contributed by atoms with Gasteiger partial charge in [0.15, 0.2) is 0 Å². The summed E-state index contributed by atoms with van der Waals surface area (Å²) >= 11 is -2.33. The summed E-state index contributed by atoms with van der Waals surface area (Å²) in [7, 11) is 0. The molecule has 4 radical (unpaired) electrons. The third kappa shape index (κ3) is 4.30. The first-order chi connectivity index (χ1) is 3.35. The SMILES string of the molecule is N#[C][Au]([C]#N)[C]#N.[Pb]. The predicted octanol–water partition coefficient (Wildman–Crippen LogP) is -0.333. The molecule has 8 heavy (non-hydrogen) atoms. The van der Waals surface area contributed by atoms with Crippen molar-refractivity contribution < 1.29 is 18.4 Å². The van der Waals surface area contributed by atoms with Gasteiger partial charge in [0, 0.05) is 27.3 Å². The van der Waals surface area contributed by atoms with Crippen molar-refractivity contribution in [2.75, 3.05) is 0 Å². The summed E-state index contributed by atoms with van der Waals surface area (Å²) in [6.45, 7) is 0. The molecular weight excluding hydrogens is 482 g/mol. The van der Waals surface area contributed by atoms with Crippen molar-refractivity contribution in [1.82, 2.24) is 0 Å². The topological polar surface area (TPSA) is 71.4 Å². The Balaban J connectivity index is 0. The van der Waals surface area contributed by atoms with Crippen molar-refractivity contribution in [3.05, 3.63) is 0 Å². The molecule has 0 aliphatic rings. The minimum atomic E-state index is -2.33. The number of nitriles is 3. The first-order valence-electron chi connectivity index (χ1n) is 1.12. The molecule has 3 nitrogen and oxygen atoms in total. The summed E-state index contributed by atoms with van der Waals surface area (Å²) in [5.74, 6) is 0. The van der Waals surface area contributed by atoms with Crippen LogP contribution in [0.25, 0.3) is 0 Å². The number of hydrogen-bond acceptors (Lipinski definition) is 3. The van der Waals surface area contributed by atoms with Gasteiger partial charge < -0.3 is 0 Å². The molecule has 0 aromatic carbocycles. The maximum Gasteiger partial charge on any atom is 0 e. The van der Waals surface area contributed by atoms with E-state index < -0.39 is 18.4 Å². The molecule has 0 spiro atoms. The van der Waals surface area contributed by atoms with E-state index in [1.165, 1.54) is 0 Å². The molecule has 0 aromatic rings. The van der Waals surface area contributed by atoms with Gasteiger partial charge in [-0.2, -0.15) is 0 Å². The van der Waals surface area contributed by atoms with Crippen molar-refractivity contribution in [3.63, 3.8) is 0 Å². The Morgan fingerprint density at radius 1 is 0.875 bits per heavy atom. The van der Waals surface area contributed by atoms with Crippen LogP contribution in [-0.2, 0) is 18.4 Å². The van der Waals surface area contributed by atoms with E-state index in [0.29, 0.717) is 0 Å². The maximum atomic E-state index is 7.90. The number of rotatable bonds is 0. The van der Waals surface area contributed by atoms with Gasteiger partial charge in [0.05, 0.1) is 0 Å². The predicted molar refractivity (Wildman–Crippen MR) is 22.6 cm³/mol. The Kier molecular flexibility index (Phi) is 9.81. The van der Waals surface area contributed by atoms with Crippen molar-refractivity contribution in [1.29, 1.82) is 15.8 Å². The van der Waals surface area contributed by atoms with Crippen LogP contribution in [0.15, 0.2) is 0 Å². The zero-order chi connectivity index (χ0) is 5.70. The molecule has 0 aliphatic carbocycles. The van der Waals surface area contributed by atoms with Crippen LogP contribution in [0.4, 0.5) is 0 Å². The van der Waals surface area contributed by atoms with Crippen LogP contribution < -0.4 is 0 Å². The van der Waals surface area contributed by atoms with E-state index in [1.807, 2.05) is 0 Å². The zero-order valence-corrected chi connectivity index (χ0v) is 9.70. The average Bonchev–Trinajstić information content (AvgIpc) is 1.72. The van der Waals surface area contributed by atoms with Crippen LogP contribution in [0, 0.1) is 28.6 Å². The fraction of sp³-hybridized carbons (Fsp3) is 0. The third-order valence-corrected chi connectivity index (χ3v) is 1.66. The molecular formula is C3AuN3Pb. The van der Waals surface area contributed by atoms with Gasteiger partial charge in [0.25, 0.3) is 0 Å². The minimum Gasteiger partial charge on any atom is 0 e. The maximum absolute atomic E-state index is 7.90. The molecule has 0 heterocycles. The van der Waals surface area contributed by atoms with Crippen molar-refractivity contribution in [3.8, 4) is 12.9 Å². The Labute approximate surface area is 73.8 Å². The fourth-order valence-corrected chi connectivity index (χ4v) is 0.370. The van der Waals surface area contributed by atoms with Crippen LogP contribution in [0.3, 0.4) is 0 Å². The van der Waals surface area contributed by atoms with E-state index in [9.17, 15) is 0 Å². The van der Waals surface area contributed by atoms with Gasteiger partial charge in [-0.25, -0.2) is 0 Å². The van der Waals surface area contributed by atoms with E-state index in [1.54, 1.807) is 12.9 Å². The van der Waals surface area contributed by atoms with Gasteiger partial charge in [-0.15, -0.1) is 0 Å². The molecule has 0 N–H and O–H groups in total. The van der Waals surface area contributed by atoms with Crippen molar-refractivity contribution >= 4 is 27.3 Å². The standard InChI is InChI=1S/3CN.Au.Pb/c3*1-2;;. The fourth-order valence-electron chi connectivity index (χ4n) is 0.0452. The van der Waals surface area contributed by atoms with Crippen LogP contribution in [0.1, 0.15) is 0 Å². The summed E-state index contributed by atoms with van der Waals surface area (Å²) in [5.41, 5.74) is 0. The number of hydrogen-bond donors (Lipinski definition) is 0. The van der Waals surface area contributed by atoms with Gasteiger partial charge >= 0.3 is 47.1 Å². The first kappa shape index (κ1) is 11.0. The molecule has 0 aromatic heterocycles. The zero-order valence-electron chi connectivity index (χ0n) is 3.64. The second-order valence-electron chi connectivity index (χ2n) is 0.428.